The van der Waals surface area contributed by atoms with Gasteiger partial charge in [-0.25, -0.2) is 4.98 Å². The van der Waals surface area contributed by atoms with Gasteiger partial charge in [0.25, 0.3) is 5.91 Å². The van der Waals surface area contributed by atoms with Crippen LogP contribution in [0.5, 0.6) is 0 Å². The zero-order valence-corrected chi connectivity index (χ0v) is 10.8. The van der Waals surface area contributed by atoms with E-state index in [0.717, 1.165) is 12.8 Å². The van der Waals surface area contributed by atoms with Crippen molar-refractivity contribution in [1.82, 2.24) is 9.88 Å². The number of ether oxygens (including phenoxy) is 1. The molecular formula is C13H19N3O3. The zero-order chi connectivity index (χ0) is 13.7. The molecule has 1 aliphatic heterocycles. The van der Waals surface area contributed by atoms with Crippen molar-refractivity contribution in [1.29, 1.82) is 0 Å². The van der Waals surface area contributed by atoms with Gasteiger partial charge in [-0.1, -0.05) is 0 Å². The number of hydrogen-bond donors (Lipinski definition) is 2. The Balaban J connectivity index is 1.91. The number of aliphatic hydroxyl groups excluding tert-OH is 1. The third-order valence-electron chi connectivity index (χ3n) is 3.22. The topological polar surface area (TPSA) is 88.7 Å². The maximum Gasteiger partial charge on any atom is 0.274 e. The third-order valence-corrected chi connectivity index (χ3v) is 3.22. The number of amides is 1. The highest BCUT2D eigenvalue weighted by Gasteiger charge is 2.25. The van der Waals surface area contributed by atoms with Gasteiger partial charge in [-0.3, -0.25) is 4.79 Å². The van der Waals surface area contributed by atoms with Gasteiger partial charge in [0, 0.05) is 19.3 Å². The molecule has 0 bridgehead atoms. The van der Waals surface area contributed by atoms with Crippen LogP contribution in [0.1, 0.15) is 23.3 Å². The molecule has 0 aliphatic carbocycles. The summed E-state index contributed by atoms with van der Waals surface area (Å²) < 4.78 is 5.46. The second kappa shape index (κ2) is 6.49. The molecule has 0 radical (unpaired) electrons. The molecule has 1 aliphatic rings. The second-order valence-electron chi connectivity index (χ2n) is 4.53. The standard InChI is InChI=1S/C13H19N3O3/c14-11-2-1-5-15-12(11)13(18)16-6-3-10(4-7-16)19-9-8-17/h1-2,5,10,17H,3-4,6-9,14H2. The number of pyridine rings is 1. The Hall–Kier alpha value is -1.66. The van der Waals surface area contributed by atoms with Crippen molar-refractivity contribution in [3.8, 4) is 0 Å². The molecule has 0 aromatic carbocycles. The van der Waals surface area contributed by atoms with Crippen LogP contribution >= 0.6 is 0 Å². The van der Waals surface area contributed by atoms with Crippen LogP contribution < -0.4 is 5.73 Å². The van der Waals surface area contributed by atoms with E-state index in [-0.39, 0.29) is 18.6 Å². The first-order valence-electron chi connectivity index (χ1n) is 6.44. The number of aliphatic hydroxyl groups is 1. The van der Waals surface area contributed by atoms with Crippen LogP contribution in [-0.4, -0.2) is 53.3 Å². The van der Waals surface area contributed by atoms with Crippen LogP contribution in [0.3, 0.4) is 0 Å². The molecule has 3 N–H and O–H groups in total. The summed E-state index contributed by atoms with van der Waals surface area (Å²) in [5.74, 6) is -0.126. The summed E-state index contributed by atoms with van der Waals surface area (Å²) in [6, 6.07) is 3.39. The van der Waals surface area contributed by atoms with E-state index in [1.54, 1.807) is 23.2 Å². The first-order chi connectivity index (χ1) is 9.22. The maximum atomic E-state index is 12.2. The van der Waals surface area contributed by atoms with Crippen molar-refractivity contribution in [3.05, 3.63) is 24.0 Å². The highest BCUT2D eigenvalue weighted by atomic mass is 16.5. The normalized spacial score (nSPS) is 16.6. The molecule has 1 fully saturated rings. The Morgan fingerprint density at radius 2 is 2.26 bits per heavy atom. The molecule has 0 atom stereocenters. The number of nitrogens with zero attached hydrogens (tertiary/aromatic N) is 2. The third kappa shape index (κ3) is 3.42. The smallest absolute Gasteiger partial charge is 0.274 e. The molecule has 19 heavy (non-hydrogen) atoms. The van der Waals surface area contributed by atoms with Crippen LogP contribution in [0.4, 0.5) is 5.69 Å². The molecule has 1 saturated heterocycles. The van der Waals surface area contributed by atoms with Crippen molar-refractivity contribution >= 4 is 11.6 Å². The van der Waals surface area contributed by atoms with Gasteiger partial charge in [-0.2, -0.15) is 0 Å². The summed E-state index contributed by atoms with van der Waals surface area (Å²) in [4.78, 5) is 18.0. The molecule has 0 unspecified atom stereocenters. The number of nitrogens with two attached hydrogens (primary N) is 1. The van der Waals surface area contributed by atoms with Gasteiger partial charge in [0.15, 0.2) is 5.69 Å². The number of piperidine rings is 1. The fraction of sp³-hybridized carbons (Fsp3) is 0.538. The van der Waals surface area contributed by atoms with Gasteiger partial charge in [0.1, 0.15) is 0 Å². The average Bonchev–Trinajstić information content (AvgIpc) is 2.45. The Bertz CT molecular complexity index is 431. The maximum absolute atomic E-state index is 12.2. The number of anilines is 1. The monoisotopic (exact) mass is 265 g/mol. The van der Waals surface area contributed by atoms with E-state index >= 15 is 0 Å². The average molecular weight is 265 g/mol. The van der Waals surface area contributed by atoms with Crippen LogP contribution in [-0.2, 0) is 4.74 Å². The van der Waals surface area contributed by atoms with Crippen molar-refractivity contribution < 1.29 is 14.6 Å². The Morgan fingerprint density at radius 1 is 1.53 bits per heavy atom. The second-order valence-corrected chi connectivity index (χ2v) is 4.53. The molecule has 0 spiro atoms. The van der Waals surface area contributed by atoms with Crippen LogP contribution in [0.2, 0.25) is 0 Å². The summed E-state index contributed by atoms with van der Waals surface area (Å²) in [5.41, 5.74) is 6.48. The fourth-order valence-corrected chi connectivity index (χ4v) is 2.19. The summed E-state index contributed by atoms with van der Waals surface area (Å²) in [6.07, 6.45) is 3.25. The van der Waals surface area contributed by atoms with Gasteiger partial charge < -0.3 is 20.5 Å². The zero-order valence-electron chi connectivity index (χ0n) is 10.8. The molecule has 2 heterocycles. The van der Waals surface area contributed by atoms with Crippen LogP contribution in [0, 0.1) is 0 Å². The van der Waals surface area contributed by atoms with Crippen molar-refractivity contribution in [2.24, 2.45) is 0 Å². The van der Waals surface area contributed by atoms with E-state index in [2.05, 4.69) is 4.98 Å². The first kappa shape index (κ1) is 13.8. The minimum atomic E-state index is -0.126. The number of hydrogen-bond acceptors (Lipinski definition) is 5. The first-order valence-corrected chi connectivity index (χ1v) is 6.44. The molecule has 1 amide bonds. The van der Waals surface area contributed by atoms with Gasteiger partial charge in [-0.15, -0.1) is 0 Å². The number of carbonyl (C=O) groups is 1. The molecule has 6 nitrogen and oxygen atoms in total. The molecule has 1 aromatic rings. The van der Waals surface area contributed by atoms with Gasteiger partial charge in [-0.05, 0) is 25.0 Å². The van der Waals surface area contributed by atoms with E-state index in [1.165, 1.54) is 0 Å². The molecule has 104 valence electrons. The van der Waals surface area contributed by atoms with Crippen molar-refractivity contribution in [3.63, 3.8) is 0 Å². The molecule has 1 aromatic heterocycles. The lowest BCUT2D eigenvalue weighted by Crippen LogP contribution is -2.41. The largest absolute Gasteiger partial charge is 0.397 e. The summed E-state index contributed by atoms with van der Waals surface area (Å²) in [7, 11) is 0. The quantitative estimate of drug-likeness (QED) is 0.816. The molecular weight excluding hydrogens is 246 g/mol. The predicted octanol–water partition coefficient (Wildman–Crippen LogP) is 0.277. The molecule has 2 rings (SSSR count). The molecule has 0 saturated carbocycles. The van der Waals surface area contributed by atoms with E-state index in [9.17, 15) is 4.79 Å². The van der Waals surface area contributed by atoms with E-state index in [0.29, 0.717) is 31.1 Å². The lowest BCUT2D eigenvalue weighted by atomic mass is 10.1. The van der Waals surface area contributed by atoms with Gasteiger partial charge in [0.2, 0.25) is 0 Å². The van der Waals surface area contributed by atoms with Gasteiger partial charge in [0.05, 0.1) is 25.0 Å². The number of nitrogen functional groups attached to an aromatic ring is 1. The minimum Gasteiger partial charge on any atom is -0.397 e. The number of aromatic nitrogens is 1. The number of carbonyl (C=O) groups excluding carboxylic acids is 1. The van der Waals surface area contributed by atoms with E-state index in [4.69, 9.17) is 15.6 Å². The SMILES string of the molecule is Nc1cccnc1C(=O)N1CCC(OCCO)CC1. The Labute approximate surface area is 112 Å². The predicted molar refractivity (Wildman–Crippen MR) is 70.6 cm³/mol. The molecule has 6 heteroatoms. The van der Waals surface area contributed by atoms with Crippen molar-refractivity contribution in [2.75, 3.05) is 32.0 Å². The van der Waals surface area contributed by atoms with Crippen LogP contribution in [0.25, 0.3) is 0 Å². The van der Waals surface area contributed by atoms with Crippen LogP contribution in [0.15, 0.2) is 18.3 Å². The fourth-order valence-electron chi connectivity index (χ4n) is 2.19. The van der Waals surface area contributed by atoms with E-state index in [1.807, 2.05) is 0 Å². The lowest BCUT2D eigenvalue weighted by Gasteiger charge is -2.31. The number of likely N-dealkylation sites (tertiary alicyclic amines) is 1. The highest BCUT2D eigenvalue weighted by molar-refractivity contribution is 5.97. The lowest BCUT2D eigenvalue weighted by molar-refractivity contribution is -0.00562. The Morgan fingerprint density at radius 3 is 2.89 bits per heavy atom. The van der Waals surface area contributed by atoms with E-state index < -0.39 is 0 Å². The van der Waals surface area contributed by atoms with Crippen molar-refractivity contribution in [2.45, 2.75) is 18.9 Å². The summed E-state index contributed by atoms with van der Waals surface area (Å²) in [6.45, 7) is 1.64. The van der Waals surface area contributed by atoms with Gasteiger partial charge >= 0.3 is 0 Å². The summed E-state index contributed by atoms with van der Waals surface area (Å²) >= 11 is 0. The Kier molecular flexibility index (Phi) is 4.70. The number of rotatable bonds is 4. The highest BCUT2D eigenvalue weighted by Crippen LogP contribution is 2.17. The minimum absolute atomic E-state index is 0.0314. The summed E-state index contributed by atoms with van der Waals surface area (Å²) in [5, 5.41) is 8.70.